The number of aromatic nitrogens is 3. The number of aliphatic hydroxyl groups excluding tert-OH is 1. The van der Waals surface area contributed by atoms with Gasteiger partial charge in [-0.2, -0.15) is 0 Å². The molecule has 1 fully saturated rings. The molecule has 0 radical (unpaired) electrons. The Morgan fingerprint density at radius 1 is 1.32 bits per heavy atom. The Kier molecular flexibility index (Phi) is 4.18. The van der Waals surface area contributed by atoms with Crippen molar-refractivity contribution >= 4 is 22.2 Å². The monoisotopic (exact) mass is 322 g/mol. The summed E-state index contributed by atoms with van der Waals surface area (Å²) in [5.41, 5.74) is 0.905. The van der Waals surface area contributed by atoms with Crippen molar-refractivity contribution in [1.29, 1.82) is 0 Å². The molecule has 1 aliphatic rings. The fourth-order valence-corrected chi connectivity index (χ4v) is 3.96. The minimum Gasteiger partial charge on any atom is -0.393 e. The minimum atomic E-state index is -0.209. The van der Waals surface area contributed by atoms with E-state index in [1.807, 2.05) is 11.3 Å². The quantitative estimate of drug-likeness (QED) is 0.908. The second-order valence-corrected chi connectivity index (χ2v) is 7.30. The lowest BCUT2D eigenvalue weighted by molar-refractivity contribution is 0.0870. The Morgan fingerprint density at radius 2 is 2.00 bits per heavy atom. The SMILES string of the molecule is Cc1c(C(=O)NC2CCC(O)CC2)sc2nnc(C(C)C)n12. The molecule has 6 nitrogen and oxygen atoms in total. The largest absolute Gasteiger partial charge is 0.393 e. The van der Waals surface area contributed by atoms with E-state index >= 15 is 0 Å². The number of nitrogens with zero attached hydrogens (tertiary/aromatic N) is 3. The number of rotatable bonds is 3. The van der Waals surface area contributed by atoms with Crippen LogP contribution in [0, 0.1) is 6.92 Å². The molecule has 2 heterocycles. The van der Waals surface area contributed by atoms with Gasteiger partial charge >= 0.3 is 0 Å². The fraction of sp³-hybridized carbons (Fsp3) is 0.667. The number of fused-ring (bicyclic) bond motifs is 1. The van der Waals surface area contributed by atoms with Crippen LogP contribution in [0.5, 0.6) is 0 Å². The Balaban J connectivity index is 1.81. The highest BCUT2D eigenvalue weighted by Gasteiger charge is 2.25. The Labute approximate surface area is 133 Å². The zero-order chi connectivity index (χ0) is 15.9. The first-order valence-corrected chi connectivity index (χ1v) is 8.62. The lowest BCUT2D eigenvalue weighted by Crippen LogP contribution is -2.38. The number of hydrogen-bond donors (Lipinski definition) is 2. The summed E-state index contributed by atoms with van der Waals surface area (Å²) in [7, 11) is 0. The van der Waals surface area contributed by atoms with Crippen LogP contribution in [0.25, 0.3) is 4.96 Å². The Morgan fingerprint density at radius 3 is 2.64 bits per heavy atom. The van der Waals surface area contributed by atoms with Crippen molar-refractivity contribution in [2.45, 2.75) is 64.5 Å². The number of hydrogen-bond acceptors (Lipinski definition) is 5. The van der Waals surface area contributed by atoms with Crippen LogP contribution in [-0.4, -0.2) is 37.8 Å². The molecule has 0 unspecified atom stereocenters. The first-order valence-electron chi connectivity index (χ1n) is 7.80. The molecule has 120 valence electrons. The van der Waals surface area contributed by atoms with Crippen LogP contribution in [0.15, 0.2) is 0 Å². The van der Waals surface area contributed by atoms with Gasteiger partial charge in [0.25, 0.3) is 5.91 Å². The number of carbonyl (C=O) groups excluding carboxylic acids is 1. The van der Waals surface area contributed by atoms with Gasteiger partial charge in [-0.3, -0.25) is 9.20 Å². The van der Waals surface area contributed by atoms with E-state index in [-0.39, 0.29) is 24.0 Å². The Hall–Kier alpha value is -1.47. The third-order valence-electron chi connectivity index (χ3n) is 4.27. The van der Waals surface area contributed by atoms with Gasteiger partial charge < -0.3 is 10.4 Å². The molecule has 2 N–H and O–H groups in total. The van der Waals surface area contributed by atoms with Gasteiger partial charge in [0, 0.05) is 17.7 Å². The third-order valence-corrected chi connectivity index (χ3v) is 5.40. The van der Waals surface area contributed by atoms with E-state index in [0.29, 0.717) is 4.88 Å². The first-order chi connectivity index (χ1) is 10.5. The van der Waals surface area contributed by atoms with Crippen LogP contribution < -0.4 is 5.32 Å². The van der Waals surface area contributed by atoms with Gasteiger partial charge in [-0.25, -0.2) is 0 Å². The molecule has 3 rings (SSSR count). The molecule has 1 aliphatic carbocycles. The van der Waals surface area contributed by atoms with Crippen LogP contribution in [-0.2, 0) is 0 Å². The lowest BCUT2D eigenvalue weighted by Gasteiger charge is -2.26. The molecular formula is C15H22N4O2S. The van der Waals surface area contributed by atoms with Gasteiger partial charge in [-0.15, -0.1) is 10.2 Å². The molecule has 2 aromatic rings. The van der Waals surface area contributed by atoms with Crippen molar-refractivity contribution < 1.29 is 9.90 Å². The summed E-state index contributed by atoms with van der Waals surface area (Å²) in [4.78, 5) is 14.0. The van der Waals surface area contributed by atoms with Crippen LogP contribution in [0.1, 0.15) is 66.6 Å². The van der Waals surface area contributed by atoms with E-state index in [1.54, 1.807) is 0 Å². The fourth-order valence-electron chi connectivity index (χ4n) is 2.98. The second kappa shape index (κ2) is 5.96. The summed E-state index contributed by atoms with van der Waals surface area (Å²) < 4.78 is 1.98. The van der Waals surface area contributed by atoms with Gasteiger partial charge in [0.15, 0.2) is 0 Å². The van der Waals surface area contributed by atoms with Gasteiger partial charge in [-0.05, 0) is 32.6 Å². The molecule has 0 aliphatic heterocycles. The van der Waals surface area contributed by atoms with E-state index in [2.05, 4.69) is 29.4 Å². The summed E-state index contributed by atoms with van der Waals surface area (Å²) in [5, 5.41) is 21.0. The van der Waals surface area contributed by atoms with Gasteiger partial charge in [-0.1, -0.05) is 25.2 Å². The Bertz CT molecular complexity index is 683. The summed E-state index contributed by atoms with van der Waals surface area (Å²) >= 11 is 1.39. The molecule has 22 heavy (non-hydrogen) atoms. The number of aliphatic hydroxyl groups is 1. The molecule has 2 aromatic heterocycles. The van der Waals surface area contributed by atoms with Crippen molar-refractivity contribution in [2.24, 2.45) is 0 Å². The molecule has 0 aromatic carbocycles. The summed E-state index contributed by atoms with van der Waals surface area (Å²) in [6.07, 6.45) is 3.00. The highest BCUT2D eigenvalue weighted by Crippen LogP contribution is 2.26. The zero-order valence-corrected chi connectivity index (χ0v) is 14.0. The number of carbonyl (C=O) groups is 1. The van der Waals surface area contributed by atoms with Crippen molar-refractivity contribution in [1.82, 2.24) is 19.9 Å². The smallest absolute Gasteiger partial charge is 0.263 e. The molecule has 0 bridgehead atoms. The van der Waals surface area contributed by atoms with Crippen molar-refractivity contribution in [3.63, 3.8) is 0 Å². The average molecular weight is 322 g/mol. The molecule has 0 spiro atoms. The summed E-state index contributed by atoms with van der Waals surface area (Å²) in [6.45, 7) is 6.08. The lowest BCUT2D eigenvalue weighted by atomic mass is 9.93. The highest BCUT2D eigenvalue weighted by molar-refractivity contribution is 7.19. The van der Waals surface area contributed by atoms with E-state index < -0.39 is 0 Å². The zero-order valence-electron chi connectivity index (χ0n) is 13.2. The van der Waals surface area contributed by atoms with E-state index in [9.17, 15) is 9.90 Å². The van der Waals surface area contributed by atoms with Crippen LogP contribution in [0.3, 0.4) is 0 Å². The van der Waals surface area contributed by atoms with Crippen molar-refractivity contribution in [3.05, 3.63) is 16.4 Å². The first kappa shape index (κ1) is 15.4. The van der Waals surface area contributed by atoms with Crippen molar-refractivity contribution in [2.75, 3.05) is 0 Å². The normalized spacial score (nSPS) is 22.4. The number of nitrogens with one attached hydrogen (secondary N) is 1. The summed E-state index contributed by atoms with van der Waals surface area (Å²) in [5.74, 6) is 1.12. The number of amides is 1. The topological polar surface area (TPSA) is 79.5 Å². The van der Waals surface area contributed by atoms with Gasteiger partial charge in [0.05, 0.1) is 6.10 Å². The maximum Gasteiger partial charge on any atom is 0.263 e. The van der Waals surface area contributed by atoms with E-state index in [0.717, 1.165) is 42.2 Å². The number of aryl methyl sites for hydroxylation is 1. The minimum absolute atomic E-state index is 0.0379. The average Bonchev–Trinajstić information content (AvgIpc) is 3.02. The molecular weight excluding hydrogens is 300 g/mol. The van der Waals surface area contributed by atoms with Gasteiger partial charge in [0.2, 0.25) is 4.96 Å². The molecule has 0 atom stereocenters. The van der Waals surface area contributed by atoms with Crippen LogP contribution >= 0.6 is 11.3 Å². The maximum absolute atomic E-state index is 12.5. The van der Waals surface area contributed by atoms with Crippen LogP contribution in [0.4, 0.5) is 0 Å². The third kappa shape index (κ3) is 2.75. The molecule has 1 amide bonds. The summed E-state index contributed by atoms with van der Waals surface area (Å²) in [6, 6.07) is 0.160. The maximum atomic E-state index is 12.5. The van der Waals surface area contributed by atoms with Gasteiger partial charge in [0.1, 0.15) is 10.7 Å². The standard InChI is InChI=1S/C15H22N4O2S/c1-8(2)13-17-18-15-19(13)9(3)12(22-15)14(21)16-10-4-6-11(20)7-5-10/h8,10-11,20H,4-7H2,1-3H3,(H,16,21). The molecule has 7 heteroatoms. The van der Waals surface area contributed by atoms with Crippen LogP contribution in [0.2, 0.25) is 0 Å². The predicted molar refractivity (Wildman–Crippen MR) is 85.4 cm³/mol. The highest BCUT2D eigenvalue weighted by atomic mass is 32.1. The second-order valence-electron chi connectivity index (χ2n) is 6.33. The van der Waals surface area contributed by atoms with E-state index in [1.165, 1.54) is 11.3 Å². The molecule has 0 saturated heterocycles. The van der Waals surface area contributed by atoms with Crippen molar-refractivity contribution in [3.8, 4) is 0 Å². The number of thiazole rings is 1. The predicted octanol–water partition coefficient (Wildman–Crippen LogP) is 2.26. The molecule has 1 saturated carbocycles. The van der Waals surface area contributed by atoms with E-state index in [4.69, 9.17) is 0 Å².